The number of hydrogen-bond acceptors (Lipinski definition) is 7. The summed E-state index contributed by atoms with van der Waals surface area (Å²) in [7, 11) is 1.52. The van der Waals surface area contributed by atoms with Crippen molar-refractivity contribution in [1.82, 2.24) is 0 Å². The second kappa shape index (κ2) is 33.4. The van der Waals surface area contributed by atoms with Crippen molar-refractivity contribution in [2.45, 2.75) is 60.3 Å². The number of carbonyl (C=O) groups is 3. The number of unbranched alkanes of at least 4 members (excludes halogenated alkanes) is 2. The smallest absolute Gasteiger partial charge is 0.311 e. The molecule has 7 nitrogen and oxygen atoms in total. The fraction of sp³-hybridized carbons (Fsp3) is 0.640. The van der Waals surface area contributed by atoms with Gasteiger partial charge in [-0.3, -0.25) is 9.59 Å². The Morgan fingerprint density at radius 2 is 1.44 bits per heavy atom. The molecule has 0 fully saturated rings. The maximum absolute atomic E-state index is 11.1. The maximum atomic E-state index is 11.1. The summed E-state index contributed by atoms with van der Waals surface area (Å²) in [6, 6.07) is 0. The average Bonchev–Trinajstić information content (AvgIpc) is 2.73. The Hall–Kier alpha value is -2.25. The van der Waals surface area contributed by atoms with Gasteiger partial charge in [-0.25, -0.2) is 0 Å². The highest BCUT2D eigenvalue weighted by Gasteiger charge is 2.13. The molecule has 0 aliphatic carbocycles. The van der Waals surface area contributed by atoms with E-state index in [0.717, 1.165) is 12.8 Å². The van der Waals surface area contributed by atoms with Gasteiger partial charge < -0.3 is 23.7 Å². The highest BCUT2D eigenvalue weighted by molar-refractivity contribution is 5.75. The first-order chi connectivity index (χ1) is 15.2. The van der Waals surface area contributed by atoms with Crippen molar-refractivity contribution in [2.75, 3.05) is 40.1 Å². The Balaban J connectivity index is -0.000000185. The van der Waals surface area contributed by atoms with Crippen molar-refractivity contribution in [3.63, 3.8) is 0 Å². The van der Waals surface area contributed by atoms with Crippen molar-refractivity contribution in [3.05, 3.63) is 38.0 Å². The molecule has 0 spiro atoms. The van der Waals surface area contributed by atoms with Crippen LogP contribution in [0, 0.1) is 5.92 Å². The third kappa shape index (κ3) is 46.1. The van der Waals surface area contributed by atoms with E-state index in [1.54, 1.807) is 32.1 Å². The molecule has 0 saturated carbocycles. The molecular weight excluding hydrogens is 412 g/mol. The van der Waals surface area contributed by atoms with Crippen LogP contribution in [0.15, 0.2) is 38.0 Å². The number of rotatable bonds is 14. The van der Waals surface area contributed by atoms with Crippen molar-refractivity contribution < 1.29 is 33.3 Å². The first-order valence-electron chi connectivity index (χ1n) is 10.8. The SMILES string of the molecule is C=CC.C=CCOCC=C.CCCCCC(C)=O.COCC(C)C(=O)OCCOC(C)=O. The lowest BCUT2D eigenvalue weighted by Gasteiger charge is -2.09. The number of Topliss-reactive ketones (excluding diaryl/α,β-unsaturated/α-hetero) is 1. The van der Waals surface area contributed by atoms with Gasteiger partial charge in [0.15, 0.2) is 0 Å². The number of methoxy groups -OCH3 is 1. The van der Waals surface area contributed by atoms with E-state index in [1.165, 1.54) is 26.9 Å². The number of ether oxygens (including phenoxy) is 4. The molecular formula is C25H46O7. The normalized spacial score (nSPS) is 9.69. The second-order valence-electron chi connectivity index (χ2n) is 6.55. The van der Waals surface area contributed by atoms with Gasteiger partial charge in [-0.15, -0.1) is 19.7 Å². The van der Waals surface area contributed by atoms with Crippen LogP contribution in [0.3, 0.4) is 0 Å². The third-order valence-electron chi connectivity index (χ3n) is 3.06. The van der Waals surface area contributed by atoms with Gasteiger partial charge in [0.25, 0.3) is 0 Å². The zero-order valence-electron chi connectivity index (χ0n) is 21.2. The molecule has 0 bridgehead atoms. The van der Waals surface area contributed by atoms with E-state index in [4.69, 9.17) is 14.2 Å². The maximum Gasteiger partial charge on any atom is 0.311 e. The van der Waals surface area contributed by atoms with Crippen LogP contribution in [0.2, 0.25) is 0 Å². The largest absolute Gasteiger partial charge is 0.462 e. The van der Waals surface area contributed by atoms with Crippen molar-refractivity contribution in [1.29, 1.82) is 0 Å². The van der Waals surface area contributed by atoms with Gasteiger partial charge in [-0.1, -0.05) is 38.0 Å². The quantitative estimate of drug-likeness (QED) is 0.203. The molecule has 0 heterocycles. The lowest BCUT2D eigenvalue weighted by molar-refractivity contribution is -0.155. The van der Waals surface area contributed by atoms with Gasteiger partial charge in [-0.2, -0.15) is 0 Å². The Morgan fingerprint density at radius 1 is 0.938 bits per heavy atom. The lowest BCUT2D eigenvalue weighted by atomic mass is 10.2. The molecule has 7 heteroatoms. The van der Waals surface area contributed by atoms with Gasteiger partial charge in [0.1, 0.15) is 19.0 Å². The number of ketones is 1. The Morgan fingerprint density at radius 3 is 1.81 bits per heavy atom. The first kappa shape index (κ1) is 37.1. The standard InChI is InChI=1S/C9H16O5.C7H14O.C6H10O.C3H6/c1-7(6-12-3)9(11)14-5-4-13-8(2)10;1-3-4-5-6-7(2)8;1-3-5-7-6-4-2;1-3-2/h7H,4-6H2,1-3H3;3-6H2,1-2H3;3-4H,1-2,5-6H2;3H,1H2,2H3. The van der Waals surface area contributed by atoms with Crippen LogP contribution < -0.4 is 0 Å². The van der Waals surface area contributed by atoms with Gasteiger partial charge in [0.2, 0.25) is 0 Å². The fourth-order valence-electron chi connectivity index (χ4n) is 1.65. The van der Waals surface area contributed by atoms with Crippen molar-refractivity contribution >= 4 is 17.7 Å². The summed E-state index contributed by atoms with van der Waals surface area (Å²) in [5.74, 6) is -0.708. The average molecular weight is 459 g/mol. The minimum atomic E-state index is -0.383. The van der Waals surface area contributed by atoms with Gasteiger partial charge in [0.05, 0.1) is 25.7 Å². The molecule has 0 aromatic carbocycles. The molecule has 32 heavy (non-hydrogen) atoms. The minimum absolute atomic E-state index is 0.0897. The minimum Gasteiger partial charge on any atom is -0.462 e. The van der Waals surface area contributed by atoms with Crippen LogP contribution in [0.4, 0.5) is 0 Å². The van der Waals surface area contributed by atoms with Crippen LogP contribution >= 0.6 is 0 Å². The molecule has 0 radical (unpaired) electrons. The summed E-state index contributed by atoms with van der Waals surface area (Å²) in [6.45, 7) is 20.7. The van der Waals surface area contributed by atoms with Gasteiger partial charge >= 0.3 is 11.9 Å². The summed E-state index contributed by atoms with van der Waals surface area (Å²) < 4.78 is 19.1. The van der Waals surface area contributed by atoms with Crippen LogP contribution in [0.1, 0.15) is 60.3 Å². The molecule has 0 aliphatic rings. The molecule has 1 atom stereocenters. The van der Waals surface area contributed by atoms with Gasteiger partial charge in [-0.05, 0) is 27.2 Å². The highest BCUT2D eigenvalue weighted by atomic mass is 16.6. The Kier molecular flexibility index (Phi) is 38.7. The molecule has 0 rings (SSSR count). The first-order valence-corrected chi connectivity index (χ1v) is 10.8. The summed E-state index contributed by atoms with van der Waals surface area (Å²) in [4.78, 5) is 31.8. The van der Waals surface area contributed by atoms with E-state index in [-0.39, 0.29) is 31.1 Å². The third-order valence-corrected chi connectivity index (χ3v) is 3.06. The van der Waals surface area contributed by atoms with Crippen LogP contribution in [-0.4, -0.2) is 57.9 Å². The van der Waals surface area contributed by atoms with Crippen LogP contribution in [0.5, 0.6) is 0 Å². The number of esters is 2. The van der Waals surface area contributed by atoms with E-state index < -0.39 is 0 Å². The van der Waals surface area contributed by atoms with Gasteiger partial charge in [0, 0.05) is 20.5 Å². The summed E-state index contributed by atoms with van der Waals surface area (Å²) in [6.07, 6.45) is 9.42. The highest BCUT2D eigenvalue weighted by Crippen LogP contribution is 1.99. The number of hydrogen-bond donors (Lipinski definition) is 0. The van der Waals surface area contributed by atoms with Crippen molar-refractivity contribution in [2.24, 2.45) is 5.92 Å². The Labute approximate surface area is 195 Å². The molecule has 0 amide bonds. The topological polar surface area (TPSA) is 88.1 Å². The molecule has 0 aliphatic heterocycles. The number of allylic oxidation sites excluding steroid dienone is 1. The molecule has 1 unspecified atom stereocenters. The summed E-state index contributed by atoms with van der Waals surface area (Å²) in [5, 5.41) is 0. The molecule has 0 saturated heterocycles. The zero-order valence-corrected chi connectivity index (χ0v) is 21.2. The van der Waals surface area contributed by atoms with E-state index in [1.807, 2.05) is 6.92 Å². The van der Waals surface area contributed by atoms with E-state index in [2.05, 4.69) is 31.4 Å². The predicted molar refractivity (Wildman–Crippen MR) is 131 cm³/mol. The van der Waals surface area contributed by atoms with E-state index in [9.17, 15) is 14.4 Å². The van der Waals surface area contributed by atoms with Crippen LogP contribution in [-0.2, 0) is 33.3 Å². The molecule has 0 aromatic rings. The molecule has 0 N–H and O–H groups in total. The zero-order chi connectivity index (χ0) is 25.6. The van der Waals surface area contributed by atoms with Crippen LogP contribution in [0.25, 0.3) is 0 Å². The predicted octanol–water partition coefficient (Wildman–Crippen LogP) is 5.10. The number of carbonyl (C=O) groups excluding carboxylic acids is 3. The molecule has 0 aromatic heterocycles. The molecule has 188 valence electrons. The Bertz CT molecular complexity index is 465. The monoisotopic (exact) mass is 458 g/mol. The van der Waals surface area contributed by atoms with E-state index >= 15 is 0 Å². The van der Waals surface area contributed by atoms with E-state index in [0.29, 0.717) is 25.6 Å². The van der Waals surface area contributed by atoms with Crippen molar-refractivity contribution in [3.8, 4) is 0 Å². The summed E-state index contributed by atoms with van der Waals surface area (Å²) in [5.41, 5.74) is 0. The lowest BCUT2D eigenvalue weighted by Crippen LogP contribution is -2.21. The fourth-order valence-corrected chi connectivity index (χ4v) is 1.65. The second-order valence-corrected chi connectivity index (χ2v) is 6.55. The summed E-state index contributed by atoms with van der Waals surface area (Å²) >= 11 is 0.